The van der Waals surface area contributed by atoms with Gasteiger partial charge in [-0.3, -0.25) is 15.1 Å². The highest BCUT2D eigenvalue weighted by Crippen LogP contribution is 2.18. The third-order valence-electron chi connectivity index (χ3n) is 4.22. The second kappa shape index (κ2) is 8.15. The summed E-state index contributed by atoms with van der Waals surface area (Å²) in [5.74, 6) is 0.614. The van der Waals surface area contributed by atoms with E-state index < -0.39 is 0 Å². The van der Waals surface area contributed by atoms with Crippen molar-refractivity contribution in [1.29, 1.82) is 0 Å². The van der Waals surface area contributed by atoms with E-state index in [0.29, 0.717) is 24.6 Å². The zero-order valence-electron chi connectivity index (χ0n) is 14.5. The standard InChI is InChI=1S/C19H21N5O2/c1-20-19(23-13-15-6-2-5-9-18(15)24(25)26)21-11-10-14-12-22-17-8-4-3-7-16(14)17/h2-9,12,22H,10-11,13H2,1H3,(H2,20,21,23). The molecule has 0 aliphatic carbocycles. The van der Waals surface area contributed by atoms with E-state index in [1.165, 1.54) is 17.0 Å². The molecule has 7 heteroatoms. The minimum atomic E-state index is -0.371. The van der Waals surface area contributed by atoms with Crippen LogP contribution in [0.4, 0.5) is 5.69 Å². The molecule has 1 heterocycles. The number of nitro benzene ring substituents is 1. The molecule has 1 aromatic heterocycles. The average Bonchev–Trinajstić information content (AvgIpc) is 3.08. The van der Waals surface area contributed by atoms with E-state index in [1.54, 1.807) is 25.2 Å². The molecular formula is C19H21N5O2. The number of hydrogen-bond donors (Lipinski definition) is 3. The molecule has 0 atom stereocenters. The fourth-order valence-electron chi connectivity index (χ4n) is 2.89. The van der Waals surface area contributed by atoms with Crippen molar-refractivity contribution in [2.24, 2.45) is 4.99 Å². The van der Waals surface area contributed by atoms with Crippen LogP contribution in [0.25, 0.3) is 10.9 Å². The van der Waals surface area contributed by atoms with Crippen molar-refractivity contribution in [3.8, 4) is 0 Å². The van der Waals surface area contributed by atoms with Gasteiger partial charge in [0, 0.05) is 48.9 Å². The lowest BCUT2D eigenvalue weighted by molar-refractivity contribution is -0.385. The molecule has 0 amide bonds. The molecule has 0 aliphatic rings. The van der Waals surface area contributed by atoms with Gasteiger partial charge in [-0.25, -0.2) is 0 Å². The molecule has 0 fully saturated rings. The topological polar surface area (TPSA) is 95.3 Å². The second-order valence-corrected chi connectivity index (χ2v) is 5.85. The average molecular weight is 351 g/mol. The smallest absolute Gasteiger partial charge is 0.274 e. The van der Waals surface area contributed by atoms with Crippen LogP contribution in [0.1, 0.15) is 11.1 Å². The van der Waals surface area contributed by atoms with Gasteiger partial charge in [0.15, 0.2) is 5.96 Å². The van der Waals surface area contributed by atoms with Crippen molar-refractivity contribution in [2.45, 2.75) is 13.0 Å². The van der Waals surface area contributed by atoms with Crippen molar-refractivity contribution < 1.29 is 4.92 Å². The van der Waals surface area contributed by atoms with Gasteiger partial charge in [0.2, 0.25) is 0 Å². The number of rotatable bonds is 6. The van der Waals surface area contributed by atoms with Gasteiger partial charge >= 0.3 is 0 Å². The van der Waals surface area contributed by atoms with Crippen molar-refractivity contribution in [3.63, 3.8) is 0 Å². The van der Waals surface area contributed by atoms with E-state index in [4.69, 9.17) is 0 Å². The lowest BCUT2D eigenvalue weighted by Crippen LogP contribution is -2.37. The maximum Gasteiger partial charge on any atom is 0.274 e. The van der Waals surface area contributed by atoms with Gasteiger partial charge in [-0.15, -0.1) is 0 Å². The molecule has 0 bridgehead atoms. The summed E-state index contributed by atoms with van der Waals surface area (Å²) in [6.07, 6.45) is 2.87. The molecule has 7 nitrogen and oxygen atoms in total. The lowest BCUT2D eigenvalue weighted by Gasteiger charge is -2.12. The minimum Gasteiger partial charge on any atom is -0.361 e. The molecule has 3 rings (SSSR count). The number of H-pyrrole nitrogens is 1. The number of benzene rings is 2. The van der Waals surface area contributed by atoms with Gasteiger partial charge in [0.1, 0.15) is 0 Å². The van der Waals surface area contributed by atoms with E-state index in [0.717, 1.165) is 11.9 Å². The maximum atomic E-state index is 11.1. The number of fused-ring (bicyclic) bond motifs is 1. The maximum absolute atomic E-state index is 11.1. The van der Waals surface area contributed by atoms with Gasteiger partial charge in [0.05, 0.1) is 4.92 Å². The summed E-state index contributed by atoms with van der Waals surface area (Å²) in [6.45, 7) is 1.04. The molecule has 0 spiro atoms. The lowest BCUT2D eigenvalue weighted by atomic mass is 10.1. The summed E-state index contributed by atoms with van der Waals surface area (Å²) in [7, 11) is 1.68. The molecule has 0 saturated heterocycles. The summed E-state index contributed by atoms with van der Waals surface area (Å²) in [4.78, 5) is 18.1. The van der Waals surface area contributed by atoms with Crippen LogP contribution in [0.2, 0.25) is 0 Å². The van der Waals surface area contributed by atoms with E-state index in [9.17, 15) is 10.1 Å². The van der Waals surface area contributed by atoms with Crippen molar-refractivity contribution in [2.75, 3.05) is 13.6 Å². The third kappa shape index (κ3) is 4.00. The molecule has 134 valence electrons. The second-order valence-electron chi connectivity index (χ2n) is 5.85. The van der Waals surface area contributed by atoms with E-state index in [-0.39, 0.29) is 10.6 Å². The predicted molar refractivity (Wildman–Crippen MR) is 103 cm³/mol. The summed E-state index contributed by atoms with van der Waals surface area (Å²) < 4.78 is 0. The summed E-state index contributed by atoms with van der Waals surface area (Å²) in [5.41, 5.74) is 3.09. The van der Waals surface area contributed by atoms with Crippen LogP contribution in [0.5, 0.6) is 0 Å². The Balaban J connectivity index is 1.55. The minimum absolute atomic E-state index is 0.106. The Labute approximate surface area is 151 Å². The number of nitrogens with one attached hydrogen (secondary N) is 3. The van der Waals surface area contributed by atoms with E-state index in [2.05, 4.69) is 32.7 Å². The first kappa shape index (κ1) is 17.5. The Morgan fingerprint density at radius 3 is 2.69 bits per heavy atom. The van der Waals surface area contributed by atoms with Crippen LogP contribution >= 0.6 is 0 Å². The predicted octanol–water partition coefficient (Wildman–Crippen LogP) is 2.98. The Morgan fingerprint density at radius 2 is 1.88 bits per heavy atom. The number of guanidine groups is 1. The largest absolute Gasteiger partial charge is 0.361 e. The summed E-state index contributed by atoms with van der Waals surface area (Å²) >= 11 is 0. The van der Waals surface area contributed by atoms with Gasteiger partial charge in [-0.05, 0) is 18.1 Å². The number of aromatic amines is 1. The fraction of sp³-hybridized carbons (Fsp3) is 0.211. The van der Waals surface area contributed by atoms with Gasteiger partial charge in [0.25, 0.3) is 5.69 Å². The van der Waals surface area contributed by atoms with Crippen molar-refractivity contribution in [3.05, 3.63) is 76.0 Å². The number of nitro groups is 1. The number of hydrogen-bond acceptors (Lipinski definition) is 3. The molecular weight excluding hydrogens is 330 g/mol. The highest BCUT2D eigenvalue weighted by Gasteiger charge is 2.12. The van der Waals surface area contributed by atoms with Gasteiger partial charge in [-0.2, -0.15) is 0 Å². The van der Waals surface area contributed by atoms with Crippen LogP contribution < -0.4 is 10.6 Å². The van der Waals surface area contributed by atoms with Crippen LogP contribution in [0, 0.1) is 10.1 Å². The monoisotopic (exact) mass is 351 g/mol. The van der Waals surface area contributed by atoms with Crippen molar-refractivity contribution in [1.82, 2.24) is 15.6 Å². The number of aromatic nitrogens is 1. The Hall–Kier alpha value is -3.35. The van der Waals surface area contributed by atoms with Crippen LogP contribution in [-0.2, 0) is 13.0 Å². The van der Waals surface area contributed by atoms with E-state index >= 15 is 0 Å². The first-order valence-electron chi connectivity index (χ1n) is 8.41. The fourth-order valence-corrected chi connectivity index (χ4v) is 2.89. The number of para-hydroxylation sites is 2. The summed E-state index contributed by atoms with van der Waals surface area (Å²) in [6, 6.07) is 14.9. The first-order chi connectivity index (χ1) is 12.7. The molecule has 0 unspecified atom stereocenters. The Kier molecular flexibility index (Phi) is 5.48. The third-order valence-corrected chi connectivity index (χ3v) is 4.22. The quantitative estimate of drug-likeness (QED) is 0.275. The summed E-state index contributed by atoms with van der Waals surface area (Å²) in [5, 5.41) is 18.7. The van der Waals surface area contributed by atoms with Crippen molar-refractivity contribution >= 4 is 22.5 Å². The van der Waals surface area contributed by atoms with Gasteiger partial charge < -0.3 is 15.6 Å². The zero-order chi connectivity index (χ0) is 18.4. The first-order valence-corrected chi connectivity index (χ1v) is 8.41. The van der Waals surface area contributed by atoms with E-state index in [1.807, 2.05) is 18.3 Å². The Bertz CT molecular complexity index is 932. The zero-order valence-corrected chi connectivity index (χ0v) is 14.5. The van der Waals surface area contributed by atoms with Crippen LogP contribution in [-0.4, -0.2) is 29.5 Å². The highest BCUT2D eigenvalue weighted by atomic mass is 16.6. The molecule has 0 aliphatic heterocycles. The molecule has 2 aromatic carbocycles. The SMILES string of the molecule is CN=C(NCCc1c[nH]c2ccccc12)NCc1ccccc1[N+](=O)[O-]. The number of aliphatic imine (C=N–C) groups is 1. The van der Waals surface area contributed by atoms with Crippen LogP contribution in [0.3, 0.4) is 0 Å². The molecule has 0 radical (unpaired) electrons. The molecule has 3 aromatic rings. The normalized spacial score (nSPS) is 11.5. The molecule has 3 N–H and O–H groups in total. The molecule has 0 saturated carbocycles. The van der Waals surface area contributed by atoms with Gasteiger partial charge in [-0.1, -0.05) is 36.4 Å². The Morgan fingerprint density at radius 1 is 1.12 bits per heavy atom. The molecule has 26 heavy (non-hydrogen) atoms. The highest BCUT2D eigenvalue weighted by molar-refractivity contribution is 5.83. The number of nitrogens with zero attached hydrogens (tertiary/aromatic N) is 2. The van der Waals surface area contributed by atoms with Crippen LogP contribution in [0.15, 0.2) is 59.7 Å².